The molecule has 1 amide bonds. The molecule has 2 rings (SSSR count). The van der Waals surface area contributed by atoms with Gasteiger partial charge >= 0.3 is 0 Å². The highest BCUT2D eigenvalue weighted by Gasteiger charge is 2.43. The van der Waals surface area contributed by atoms with Crippen molar-refractivity contribution in [2.75, 3.05) is 20.1 Å². The lowest BCUT2D eigenvalue weighted by molar-refractivity contribution is -0.150. The topological polar surface area (TPSA) is 40.6 Å². The second kappa shape index (κ2) is 4.41. The van der Waals surface area contributed by atoms with Gasteiger partial charge in [0.2, 0.25) is 5.91 Å². The zero-order valence-corrected chi connectivity index (χ0v) is 11.0. The summed E-state index contributed by atoms with van der Waals surface area (Å²) in [5, 5.41) is 0. The Hall–Kier alpha value is -0.900. The Labute approximate surface area is 103 Å². The van der Waals surface area contributed by atoms with Gasteiger partial charge in [0.05, 0.1) is 5.54 Å². The summed E-state index contributed by atoms with van der Waals surface area (Å²) in [6, 6.07) is 0.403. The van der Waals surface area contributed by atoms with E-state index in [2.05, 4.69) is 4.90 Å². The molecule has 2 aliphatic rings. The Morgan fingerprint density at radius 2 is 1.71 bits per heavy atom. The number of amides is 1. The van der Waals surface area contributed by atoms with Crippen LogP contribution in [0.3, 0.4) is 0 Å². The smallest absolute Gasteiger partial charge is 0.242 e. The molecule has 0 N–H and O–H groups in total. The number of hydrogen-bond acceptors (Lipinski definition) is 3. The minimum Gasteiger partial charge on any atom is -0.343 e. The minimum absolute atomic E-state index is 0.195. The summed E-state index contributed by atoms with van der Waals surface area (Å²) in [4.78, 5) is 27.6. The molecule has 96 valence electrons. The largest absolute Gasteiger partial charge is 0.343 e. The molecule has 0 spiro atoms. The molecule has 0 atom stereocenters. The first-order valence-electron chi connectivity index (χ1n) is 6.47. The van der Waals surface area contributed by atoms with Gasteiger partial charge in [-0.05, 0) is 26.7 Å². The number of hydrogen-bond donors (Lipinski definition) is 0. The first-order chi connectivity index (χ1) is 7.93. The summed E-state index contributed by atoms with van der Waals surface area (Å²) >= 11 is 0. The third-order valence-electron chi connectivity index (χ3n) is 4.22. The predicted molar refractivity (Wildman–Crippen MR) is 65.7 cm³/mol. The predicted octanol–water partition coefficient (Wildman–Crippen LogP) is 1.05. The number of ketones is 1. The van der Waals surface area contributed by atoms with Crippen LogP contribution < -0.4 is 0 Å². The van der Waals surface area contributed by atoms with Crippen molar-refractivity contribution in [2.45, 2.75) is 51.1 Å². The zero-order valence-electron chi connectivity index (χ0n) is 11.0. The fraction of sp³-hybridized carbons (Fsp3) is 0.846. The van der Waals surface area contributed by atoms with Crippen molar-refractivity contribution in [1.82, 2.24) is 9.80 Å². The Morgan fingerprint density at radius 1 is 1.12 bits per heavy atom. The van der Waals surface area contributed by atoms with Gasteiger partial charge in [-0.2, -0.15) is 0 Å². The standard InChI is InChI=1S/C13H22N2O2/c1-13(2)12(17)14(3)8-9-15(13)10-4-6-11(16)7-5-10/h10H,4-9H2,1-3H3. The third-order valence-corrected chi connectivity index (χ3v) is 4.22. The van der Waals surface area contributed by atoms with Crippen LogP contribution in [0.4, 0.5) is 0 Å². The van der Waals surface area contributed by atoms with Gasteiger partial charge in [-0.1, -0.05) is 0 Å². The van der Waals surface area contributed by atoms with Crippen molar-refractivity contribution in [1.29, 1.82) is 0 Å². The highest BCUT2D eigenvalue weighted by atomic mass is 16.2. The van der Waals surface area contributed by atoms with Crippen LogP contribution in [0.1, 0.15) is 39.5 Å². The molecular formula is C13H22N2O2. The number of Topliss-reactive ketones (excluding diaryl/α,β-unsaturated/α-hetero) is 1. The second-order valence-corrected chi connectivity index (χ2v) is 5.75. The van der Waals surface area contributed by atoms with Crippen molar-refractivity contribution in [3.63, 3.8) is 0 Å². The molecule has 2 fully saturated rings. The molecule has 4 nitrogen and oxygen atoms in total. The van der Waals surface area contributed by atoms with Gasteiger partial charge in [-0.3, -0.25) is 14.5 Å². The normalized spacial score (nSPS) is 27.6. The van der Waals surface area contributed by atoms with E-state index in [9.17, 15) is 9.59 Å². The van der Waals surface area contributed by atoms with Gasteiger partial charge in [0.1, 0.15) is 5.78 Å². The van der Waals surface area contributed by atoms with Crippen LogP contribution in [-0.4, -0.2) is 53.2 Å². The first-order valence-corrected chi connectivity index (χ1v) is 6.47. The van der Waals surface area contributed by atoms with Crippen LogP contribution in [-0.2, 0) is 9.59 Å². The summed E-state index contributed by atoms with van der Waals surface area (Å²) in [5.41, 5.74) is -0.419. The molecule has 1 saturated carbocycles. The third kappa shape index (κ3) is 2.23. The molecule has 0 unspecified atom stereocenters. The lowest BCUT2D eigenvalue weighted by Gasteiger charge is -2.49. The van der Waals surface area contributed by atoms with Crippen LogP contribution in [0.15, 0.2) is 0 Å². The van der Waals surface area contributed by atoms with E-state index in [1.807, 2.05) is 25.8 Å². The molecule has 1 heterocycles. The van der Waals surface area contributed by atoms with Crippen molar-refractivity contribution in [2.24, 2.45) is 0 Å². The summed E-state index contributed by atoms with van der Waals surface area (Å²) in [6.07, 6.45) is 3.20. The highest BCUT2D eigenvalue weighted by Crippen LogP contribution is 2.30. The van der Waals surface area contributed by atoms with Gasteiger partial charge in [0, 0.05) is 39.0 Å². The molecule has 0 bridgehead atoms. The SMILES string of the molecule is CN1CCN(C2CCC(=O)CC2)C(C)(C)C1=O. The van der Waals surface area contributed by atoms with Crippen molar-refractivity contribution in [3.8, 4) is 0 Å². The van der Waals surface area contributed by atoms with E-state index in [0.717, 1.165) is 25.9 Å². The number of piperazine rings is 1. The molecule has 0 aromatic heterocycles. The molecule has 1 aliphatic heterocycles. The first kappa shape index (κ1) is 12.6. The van der Waals surface area contributed by atoms with Crippen molar-refractivity contribution in [3.05, 3.63) is 0 Å². The maximum atomic E-state index is 12.2. The van der Waals surface area contributed by atoms with E-state index in [-0.39, 0.29) is 5.91 Å². The lowest BCUT2D eigenvalue weighted by atomic mass is 9.87. The molecule has 1 aliphatic carbocycles. The minimum atomic E-state index is -0.419. The van der Waals surface area contributed by atoms with Crippen LogP contribution in [0.2, 0.25) is 0 Å². The molecular weight excluding hydrogens is 216 g/mol. The van der Waals surface area contributed by atoms with Gasteiger partial charge in [-0.25, -0.2) is 0 Å². The number of carbonyl (C=O) groups is 2. The number of rotatable bonds is 1. The molecule has 17 heavy (non-hydrogen) atoms. The monoisotopic (exact) mass is 238 g/mol. The van der Waals surface area contributed by atoms with E-state index in [1.54, 1.807) is 0 Å². The molecule has 4 heteroatoms. The van der Waals surface area contributed by atoms with E-state index in [0.29, 0.717) is 24.7 Å². The molecule has 0 aromatic rings. The Balaban J connectivity index is 2.10. The van der Waals surface area contributed by atoms with Gasteiger partial charge in [0.25, 0.3) is 0 Å². The summed E-state index contributed by atoms with van der Waals surface area (Å²) < 4.78 is 0. The average Bonchev–Trinajstić information content (AvgIpc) is 2.28. The van der Waals surface area contributed by atoms with Crippen molar-refractivity contribution < 1.29 is 9.59 Å². The Kier molecular flexibility index (Phi) is 3.25. The quantitative estimate of drug-likeness (QED) is 0.685. The number of nitrogens with zero attached hydrogens (tertiary/aromatic N) is 2. The Bertz CT molecular complexity index is 328. The van der Waals surface area contributed by atoms with Crippen LogP contribution >= 0.6 is 0 Å². The average molecular weight is 238 g/mol. The van der Waals surface area contributed by atoms with Crippen molar-refractivity contribution >= 4 is 11.7 Å². The van der Waals surface area contributed by atoms with Crippen LogP contribution in [0.5, 0.6) is 0 Å². The van der Waals surface area contributed by atoms with Crippen LogP contribution in [0, 0.1) is 0 Å². The van der Waals surface area contributed by atoms with Crippen LogP contribution in [0.25, 0.3) is 0 Å². The molecule has 0 radical (unpaired) electrons. The highest BCUT2D eigenvalue weighted by molar-refractivity contribution is 5.86. The lowest BCUT2D eigenvalue weighted by Crippen LogP contribution is -2.65. The summed E-state index contributed by atoms with van der Waals surface area (Å²) in [5.74, 6) is 0.570. The maximum absolute atomic E-state index is 12.2. The number of carbonyl (C=O) groups excluding carboxylic acids is 2. The van der Waals surface area contributed by atoms with E-state index in [1.165, 1.54) is 0 Å². The second-order valence-electron chi connectivity index (χ2n) is 5.75. The fourth-order valence-corrected chi connectivity index (χ4v) is 3.10. The molecule has 0 aromatic carbocycles. The van der Waals surface area contributed by atoms with E-state index >= 15 is 0 Å². The van der Waals surface area contributed by atoms with E-state index in [4.69, 9.17) is 0 Å². The fourth-order valence-electron chi connectivity index (χ4n) is 3.10. The summed E-state index contributed by atoms with van der Waals surface area (Å²) in [7, 11) is 1.87. The maximum Gasteiger partial charge on any atom is 0.242 e. The van der Waals surface area contributed by atoms with E-state index < -0.39 is 5.54 Å². The number of likely N-dealkylation sites (N-methyl/N-ethyl adjacent to an activating group) is 1. The Morgan fingerprint density at radius 3 is 2.29 bits per heavy atom. The zero-order chi connectivity index (χ0) is 12.6. The van der Waals surface area contributed by atoms with Gasteiger partial charge in [-0.15, -0.1) is 0 Å². The molecule has 1 saturated heterocycles. The van der Waals surface area contributed by atoms with Gasteiger partial charge in [0.15, 0.2) is 0 Å². The van der Waals surface area contributed by atoms with Gasteiger partial charge < -0.3 is 4.90 Å². The summed E-state index contributed by atoms with van der Waals surface area (Å²) in [6.45, 7) is 5.73.